The number of rotatable bonds is 3. The van der Waals surface area contributed by atoms with Gasteiger partial charge in [-0.25, -0.2) is 4.98 Å². The van der Waals surface area contributed by atoms with Gasteiger partial charge in [-0.1, -0.05) is 0 Å². The molecule has 0 aliphatic heterocycles. The second-order valence-electron chi connectivity index (χ2n) is 3.89. The molecule has 0 unspecified atom stereocenters. The highest BCUT2D eigenvalue weighted by Crippen LogP contribution is 2.31. The second-order valence-corrected chi connectivity index (χ2v) is 3.89. The Morgan fingerprint density at radius 3 is 2.53 bits per heavy atom. The van der Waals surface area contributed by atoms with E-state index in [1.165, 1.54) is 32.2 Å². The summed E-state index contributed by atoms with van der Waals surface area (Å²) in [5.41, 5.74) is -0.808. The van der Waals surface area contributed by atoms with E-state index < -0.39 is 11.7 Å². The lowest BCUT2D eigenvalue weighted by Crippen LogP contribution is -2.18. The zero-order valence-corrected chi connectivity index (χ0v) is 10.7. The van der Waals surface area contributed by atoms with Gasteiger partial charge in [0.2, 0.25) is 11.8 Å². The van der Waals surface area contributed by atoms with E-state index in [0.717, 1.165) is 12.1 Å². The first-order valence-corrected chi connectivity index (χ1v) is 5.26. The van der Waals surface area contributed by atoms with Crippen molar-refractivity contribution in [3.63, 3.8) is 0 Å². The van der Waals surface area contributed by atoms with E-state index in [4.69, 9.17) is 4.74 Å². The van der Waals surface area contributed by atoms with E-state index >= 15 is 0 Å². The molecule has 0 N–H and O–H groups in total. The number of likely N-dealkylation sites (N-methyl/N-ethyl adjacent to an activating group) is 1. The average molecular weight is 274 g/mol. The molecule has 0 spiro atoms. The summed E-state index contributed by atoms with van der Waals surface area (Å²) < 4.78 is 42.5. The Labute approximate surface area is 108 Å². The van der Waals surface area contributed by atoms with Crippen molar-refractivity contribution in [3.8, 4) is 5.88 Å². The summed E-state index contributed by atoms with van der Waals surface area (Å²) in [6.07, 6.45) is -1.42. The summed E-state index contributed by atoms with van der Waals surface area (Å²) in [6.45, 7) is 0. The van der Waals surface area contributed by atoms with Crippen molar-refractivity contribution >= 4 is 12.0 Å². The molecule has 1 aromatic rings. The highest BCUT2D eigenvalue weighted by Gasteiger charge is 2.31. The number of nitrogens with zero attached hydrogens (tertiary/aromatic N) is 2. The van der Waals surface area contributed by atoms with Gasteiger partial charge < -0.3 is 9.64 Å². The minimum Gasteiger partial charge on any atom is -0.481 e. The van der Waals surface area contributed by atoms with Gasteiger partial charge in [0.25, 0.3) is 0 Å². The Morgan fingerprint density at radius 1 is 1.42 bits per heavy atom. The van der Waals surface area contributed by atoms with Crippen LogP contribution in [0.5, 0.6) is 5.88 Å². The van der Waals surface area contributed by atoms with Crippen molar-refractivity contribution in [3.05, 3.63) is 29.5 Å². The van der Waals surface area contributed by atoms with E-state index in [9.17, 15) is 18.0 Å². The third-order valence-corrected chi connectivity index (χ3v) is 2.25. The molecule has 4 nitrogen and oxygen atoms in total. The van der Waals surface area contributed by atoms with Gasteiger partial charge >= 0.3 is 6.18 Å². The van der Waals surface area contributed by atoms with Gasteiger partial charge in [0.1, 0.15) is 0 Å². The van der Waals surface area contributed by atoms with Crippen LogP contribution in [0.15, 0.2) is 18.3 Å². The van der Waals surface area contributed by atoms with Gasteiger partial charge in [0.05, 0.1) is 12.7 Å². The van der Waals surface area contributed by atoms with Crippen molar-refractivity contribution in [1.29, 1.82) is 0 Å². The molecular weight excluding hydrogens is 261 g/mol. The van der Waals surface area contributed by atoms with Crippen LogP contribution in [-0.4, -0.2) is 37.0 Å². The number of halogens is 3. The van der Waals surface area contributed by atoms with E-state index in [-0.39, 0.29) is 17.4 Å². The minimum absolute atomic E-state index is 0.0239. The average Bonchev–Trinajstić information content (AvgIpc) is 2.34. The number of ether oxygens (including phenoxy) is 1. The number of carbonyl (C=O) groups excluding carboxylic acids is 1. The fourth-order valence-corrected chi connectivity index (χ4v) is 1.22. The van der Waals surface area contributed by atoms with Crippen molar-refractivity contribution in [2.45, 2.75) is 6.18 Å². The number of amides is 1. The van der Waals surface area contributed by atoms with Gasteiger partial charge in [-0.15, -0.1) is 0 Å². The molecule has 104 valence electrons. The molecule has 1 rings (SSSR count). The number of carbonyl (C=O) groups is 1. The molecule has 0 saturated carbocycles. The zero-order chi connectivity index (χ0) is 14.6. The number of pyridine rings is 1. The van der Waals surface area contributed by atoms with Crippen LogP contribution < -0.4 is 4.74 Å². The molecule has 1 amide bonds. The first kappa shape index (κ1) is 15.0. The lowest BCUT2D eigenvalue weighted by atomic mass is 10.1. The lowest BCUT2D eigenvalue weighted by molar-refractivity contribution is -0.137. The number of alkyl halides is 3. The normalized spacial score (nSPS) is 11.7. The molecule has 0 radical (unpaired) electrons. The van der Waals surface area contributed by atoms with E-state index in [1.54, 1.807) is 0 Å². The van der Waals surface area contributed by atoms with Gasteiger partial charge in [-0.3, -0.25) is 4.79 Å². The lowest BCUT2D eigenvalue weighted by Gasteiger charge is -2.10. The summed E-state index contributed by atoms with van der Waals surface area (Å²) in [4.78, 5) is 16.2. The summed E-state index contributed by atoms with van der Waals surface area (Å²) in [7, 11) is 4.36. The SMILES string of the molecule is COc1ncc(C(F)(F)F)cc1/C=C/C(=O)N(C)C. The van der Waals surface area contributed by atoms with E-state index in [2.05, 4.69) is 4.98 Å². The second kappa shape index (κ2) is 5.73. The minimum atomic E-state index is -4.49. The maximum Gasteiger partial charge on any atom is 0.417 e. The van der Waals surface area contributed by atoms with Crippen LogP contribution in [0.4, 0.5) is 13.2 Å². The molecule has 7 heteroatoms. The highest BCUT2D eigenvalue weighted by molar-refractivity contribution is 5.91. The van der Waals surface area contributed by atoms with E-state index in [1.807, 2.05) is 0 Å². The smallest absolute Gasteiger partial charge is 0.417 e. The Hall–Kier alpha value is -2.05. The van der Waals surface area contributed by atoms with Crippen molar-refractivity contribution in [2.24, 2.45) is 0 Å². The Kier molecular flexibility index (Phi) is 4.52. The first-order valence-electron chi connectivity index (χ1n) is 5.26. The van der Waals surface area contributed by atoms with Crippen LogP contribution in [-0.2, 0) is 11.0 Å². The van der Waals surface area contributed by atoms with Crippen LogP contribution in [0.2, 0.25) is 0 Å². The van der Waals surface area contributed by atoms with Crippen molar-refractivity contribution in [2.75, 3.05) is 21.2 Å². The molecule has 0 aromatic carbocycles. The topological polar surface area (TPSA) is 42.4 Å². The number of hydrogen-bond donors (Lipinski definition) is 0. The Bertz CT molecular complexity index is 496. The number of hydrogen-bond acceptors (Lipinski definition) is 3. The quantitative estimate of drug-likeness (QED) is 0.794. The van der Waals surface area contributed by atoms with Crippen LogP contribution >= 0.6 is 0 Å². The molecule has 1 heterocycles. The zero-order valence-electron chi connectivity index (χ0n) is 10.7. The molecule has 0 bridgehead atoms. The summed E-state index contributed by atoms with van der Waals surface area (Å²) in [6, 6.07) is 0.880. The number of aromatic nitrogens is 1. The molecule has 0 atom stereocenters. The fraction of sp³-hybridized carbons (Fsp3) is 0.333. The van der Waals surface area contributed by atoms with Gasteiger partial charge in [-0.2, -0.15) is 13.2 Å². The standard InChI is InChI=1S/C12H13F3N2O2/c1-17(2)10(18)5-4-8-6-9(12(13,14)15)7-16-11(8)19-3/h4-7H,1-3H3/b5-4+. The summed E-state index contributed by atoms with van der Waals surface area (Å²) >= 11 is 0. The van der Waals surface area contributed by atoms with Crippen molar-refractivity contribution < 1.29 is 22.7 Å². The van der Waals surface area contributed by atoms with Crippen LogP contribution in [0.25, 0.3) is 6.08 Å². The largest absolute Gasteiger partial charge is 0.481 e. The van der Waals surface area contributed by atoms with E-state index in [0.29, 0.717) is 6.20 Å². The third kappa shape index (κ3) is 3.97. The monoisotopic (exact) mass is 274 g/mol. The molecule has 0 saturated heterocycles. The number of methoxy groups -OCH3 is 1. The Balaban J connectivity index is 3.14. The fourth-order valence-electron chi connectivity index (χ4n) is 1.22. The van der Waals surface area contributed by atoms with Gasteiger partial charge in [0.15, 0.2) is 0 Å². The molecule has 0 aliphatic rings. The molecular formula is C12H13F3N2O2. The Morgan fingerprint density at radius 2 is 2.05 bits per heavy atom. The molecule has 0 aliphatic carbocycles. The maximum absolute atomic E-state index is 12.6. The van der Waals surface area contributed by atoms with Crippen molar-refractivity contribution in [1.82, 2.24) is 9.88 Å². The van der Waals surface area contributed by atoms with Gasteiger partial charge in [-0.05, 0) is 12.1 Å². The predicted molar refractivity (Wildman–Crippen MR) is 63.5 cm³/mol. The molecule has 0 fully saturated rings. The van der Waals surface area contributed by atoms with Crippen LogP contribution in [0.3, 0.4) is 0 Å². The van der Waals surface area contributed by atoms with Crippen LogP contribution in [0.1, 0.15) is 11.1 Å². The summed E-state index contributed by atoms with van der Waals surface area (Å²) in [5, 5.41) is 0. The van der Waals surface area contributed by atoms with Gasteiger partial charge in [0, 0.05) is 31.9 Å². The third-order valence-electron chi connectivity index (χ3n) is 2.25. The highest BCUT2D eigenvalue weighted by atomic mass is 19.4. The molecule has 1 aromatic heterocycles. The predicted octanol–water partition coefficient (Wildman–Crippen LogP) is 2.21. The summed E-state index contributed by atoms with van der Waals surface area (Å²) in [5.74, 6) is -0.324. The van der Waals surface area contributed by atoms with Crippen LogP contribution in [0, 0.1) is 0 Å². The first-order chi connectivity index (χ1) is 8.75. The maximum atomic E-state index is 12.6. The molecule has 19 heavy (non-hydrogen) atoms.